The molecule has 0 aliphatic heterocycles. The normalized spacial score (nSPS) is 14.4. The van der Waals surface area contributed by atoms with Gasteiger partial charge >= 0.3 is 0 Å². The van der Waals surface area contributed by atoms with Gasteiger partial charge in [0.25, 0.3) is 0 Å². The number of nitrogens with two attached hydrogens (primary N) is 1. The summed E-state index contributed by atoms with van der Waals surface area (Å²) in [6.07, 6.45) is 2.01. The van der Waals surface area contributed by atoms with Gasteiger partial charge in [0.1, 0.15) is 9.92 Å². The van der Waals surface area contributed by atoms with Gasteiger partial charge < -0.3 is 5.73 Å². The van der Waals surface area contributed by atoms with E-state index in [0.717, 1.165) is 17.7 Å². The fraction of sp³-hybridized carbons (Fsp3) is 0.538. The van der Waals surface area contributed by atoms with Crippen molar-refractivity contribution in [1.29, 1.82) is 0 Å². The van der Waals surface area contributed by atoms with Gasteiger partial charge in [-0.1, -0.05) is 20.3 Å². The molecule has 0 fully saturated rings. The Labute approximate surface area is 110 Å². The Morgan fingerprint density at radius 3 is 2.39 bits per heavy atom. The molecule has 0 aliphatic carbocycles. The van der Waals surface area contributed by atoms with E-state index in [2.05, 4.69) is 11.3 Å². The topological polar surface area (TPSA) is 58.7 Å². The van der Waals surface area contributed by atoms with Gasteiger partial charge in [0, 0.05) is 25.8 Å². The number of rotatable bonds is 6. The number of hydrogen-bond donors (Lipinski definition) is 1. The van der Waals surface area contributed by atoms with Gasteiger partial charge in [-0.25, -0.2) is 12.9 Å². The average Bonchev–Trinajstić information content (AvgIpc) is 2.38. The van der Waals surface area contributed by atoms with Crippen molar-refractivity contribution in [1.82, 2.24) is 4.31 Å². The minimum atomic E-state index is -2.48. The molecule has 5 heteroatoms. The van der Waals surface area contributed by atoms with Crippen molar-refractivity contribution in [2.45, 2.75) is 31.6 Å². The molecular formula is C13H23N3OS. The third kappa shape index (κ3) is 3.46. The van der Waals surface area contributed by atoms with Crippen LogP contribution >= 0.6 is 0 Å². The van der Waals surface area contributed by atoms with Gasteiger partial charge in [0.15, 0.2) is 0 Å². The second-order valence-electron chi connectivity index (χ2n) is 4.22. The van der Waals surface area contributed by atoms with Crippen molar-refractivity contribution in [3.8, 4) is 0 Å². The molecule has 0 aliphatic rings. The molecule has 1 atom stereocenters. The zero-order chi connectivity index (χ0) is 13.6. The van der Waals surface area contributed by atoms with Gasteiger partial charge in [-0.05, 0) is 30.7 Å². The van der Waals surface area contributed by atoms with Crippen molar-refractivity contribution < 1.29 is 4.21 Å². The summed E-state index contributed by atoms with van der Waals surface area (Å²) in [6, 6.07) is 7.15. The Bertz CT molecular complexity index is 476. The lowest BCUT2D eigenvalue weighted by molar-refractivity contribution is 0.536. The molecular weight excluding hydrogens is 246 g/mol. The lowest BCUT2D eigenvalue weighted by Gasteiger charge is -2.20. The molecule has 1 aromatic rings. The van der Waals surface area contributed by atoms with Crippen LogP contribution in [0.5, 0.6) is 0 Å². The Morgan fingerprint density at radius 1 is 1.28 bits per heavy atom. The summed E-state index contributed by atoms with van der Waals surface area (Å²) in [4.78, 5) is 0.733. The van der Waals surface area contributed by atoms with Gasteiger partial charge in [-0.15, -0.1) is 0 Å². The van der Waals surface area contributed by atoms with Crippen molar-refractivity contribution in [2.75, 3.05) is 25.9 Å². The molecule has 0 aromatic heterocycles. The Balaban J connectivity index is 3.16. The van der Waals surface area contributed by atoms with E-state index < -0.39 is 9.92 Å². The Hall–Kier alpha value is -1.07. The third-order valence-electron chi connectivity index (χ3n) is 2.83. The van der Waals surface area contributed by atoms with Gasteiger partial charge in [-0.2, -0.15) is 0 Å². The van der Waals surface area contributed by atoms with Gasteiger partial charge in [0.2, 0.25) is 0 Å². The lowest BCUT2D eigenvalue weighted by Crippen LogP contribution is -2.26. The van der Waals surface area contributed by atoms with Crippen LogP contribution in [0.15, 0.2) is 33.5 Å². The summed E-state index contributed by atoms with van der Waals surface area (Å²) in [5, 5.41) is 0. The first-order chi connectivity index (χ1) is 8.54. The quantitative estimate of drug-likeness (QED) is 0.637. The SMILES string of the molecule is CCCCN=S(=O)(c1ccc(N)cc1)N(C)CC. The molecule has 102 valence electrons. The van der Waals surface area contributed by atoms with E-state index in [4.69, 9.17) is 5.73 Å². The molecule has 2 N–H and O–H groups in total. The molecule has 1 rings (SSSR count). The third-order valence-corrected chi connectivity index (χ3v) is 5.35. The predicted octanol–water partition coefficient (Wildman–Crippen LogP) is 2.76. The highest BCUT2D eigenvalue weighted by Crippen LogP contribution is 2.19. The van der Waals surface area contributed by atoms with Gasteiger partial charge in [0.05, 0.1) is 4.90 Å². The molecule has 0 bridgehead atoms. The number of hydrogen-bond acceptors (Lipinski definition) is 3. The molecule has 0 saturated heterocycles. The molecule has 18 heavy (non-hydrogen) atoms. The van der Waals surface area contributed by atoms with Crippen LogP contribution in [0.1, 0.15) is 26.7 Å². The first-order valence-electron chi connectivity index (χ1n) is 6.34. The van der Waals surface area contributed by atoms with E-state index in [1.165, 1.54) is 0 Å². The smallest absolute Gasteiger partial charge is 0.139 e. The maximum absolute atomic E-state index is 13.0. The highest BCUT2D eigenvalue weighted by molar-refractivity contribution is 7.91. The summed E-state index contributed by atoms with van der Waals surface area (Å²) < 4.78 is 19.3. The van der Waals surface area contributed by atoms with Crippen LogP contribution in [0.2, 0.25) is 0 Å². The van der Waals surface area contributed by atoms with Crippen LogP contribution < -0.4 is 5.73 Å². The minimum absolute atomic E-state index is 0.629. The van der Waals surface area contributed by atoms with Gasteiger partial charge in [-0.3, -0.25) is 0 Å². The maximum atomic E-state index is 13.0. The largest absolute Gasteiger partial charge is 0.399 e. The maximum Gasteiger partial charge on any atom is 0.139 e. The summed E-state index contributed by atoms with van der Waals surface area (Å²) in [5.41, 5.74) is 6.34. The highest BCUT2D eigenvalue weighted by atomic mass is 32.2. The van der Waals surface area contributed by atoms with Crippen LogP contribution in [-0.2, 0) is 9.92 Å². The zero-order valence-electron chi connectivity index (χ0n) is 11.4. The fourth-order valence-corrected chi connectivity index (χ4v) is 3.44. The van der Waals surface area contributed by atoms with Crippen LogP contribution in [-0.4, -0.2) is 28.7 Å². The molecule has 0 radical (unpaired) electrons. The van der Waals surface area contributed by atoms with Crippen molar-refractivity contribution in [3.63, 3.8) is 0 Å². The molecule has 0 heterocycles. The summed E-state index contributed by atoms with van der Waals surface area (Å²) in [7, 11) is -0.641. The van der Waals surface area contributed by atoms with Crippen molar-refractivity contribution >= 4 is 15.6 Å². The molecule has 0 amide bonds. The number of nitrogens with zero attached hydrogens (tertiary/aromatic N) is 2. The molecule has 1 aromatic carbocycles. The second kappa shape index (κ2) is 6.75. The van der Waals surface area contributed by atoms with Crippen molar-refractivity contribution in [3.05, 3.63) is 24.3 Å². The molecule has 0 spiro atoms. The fourth-order valence-electron chi connectivity index (χ4n) is 1.52. The molecule has 1 unspecified atom stereocenters. The van der Waals surface area contributed by atoms with Crippen LogP contribution in [0.4, 0.5) is 5.69 Å². The monoisotopic (exact) mass is 269 g/mol. The van der Waals surface area contributed by atoms with Crippen LogP contribution in [0.3, 0.4) is 0 Å². The minimum Gasteiger partial charge on any atom is -0.399 e. The summed E-state index contributed by atoms with van der Waals surface area (Å²) in [5.74, 6) is 0. The Morgan fingerprint density at radius 2 is 1.89 bits per heavy atom. The van der Waals surface area contributed by atoms with E-state index >= 15 is 0 Å². The zero-order valence-corrected chi connectivity index (χ0v) is 12.2. The van der Waals surface area contributed by atoms with Crippen LogP contribution in [0, 0.1) is 0 Å². The Kier molecular flexibility index (Phi) is 5.62. The highest BCUT2D eigenvalue weighted by Gasteiger charge is 2.16. The number of benzene rings is 1. The standard InChI is InChI=1S/C13H23N3OS/c1-4-6-11-15-18(17,16(3)5-2)13-9-7-12(14)8-10-13/h7-10H,4-6,11,14H2,1-3H3. The summed E-state index contributed by atoms with van der Waals surface area (Å²) in [6.45, 7) is 5.40. The van der Waals surface area contributed by atoms with E-state index in [9.17, 15) is 4.21 Å². The molecule has 0 saturated carbocycles. The van der Waals surface area contributed by atoms with E-state index in [1.807, 2.05) is 14.0 Å². The van der Waals surface area contributed by atoms with E-state index in [0.29, 0.717) is 18.8 Å². The number of nitrogen functional groups attached to an aromatic ring is 1. The lowest BCUT2D eigenvalue weighted by atomic mass is 10.3. The first-order valence-corrected chi connectivity index (χ1v) is 7.81. The first kappa shape index (κ1) is 15.0. The number of anilines is 1. The average molecular weight is 269 g/mol. The molecule has 4 nitrogen and oxygen atoms in total. The second-order valence-corrected chi connectivity index (χ2v) is 6.56. The van der Waals surface area contributed by atoms with Crippen LogP contribution in [0.25, 0.3) is 0 Å². The summed E-state index contributed by atoms with van der Waals surface area (Å²) >= 11 is 0. The van der Waals surface area contributed by atoms with Crippen molar-refractivity contribution in [2.24, 2.45) is 4.36 Å². The number of unbranched alkanes of at least 4 members (excludes halogenated alkanes) is 1. The van der Waals surface area contributed by atoms with E-state index in [1.54, 1.807) is 28.6 Å². The predicted molar refractivity (Wildman–Crippen MR) is 77.8 cm³/mol. The van der Waals surface area contributed by atoms with E-state index in [-0.39, 0.29) is 0 Å².